The topological polar surface area (TPSA) is 69.6 Å². The van der Waals surface area contributed by atoms with Gasteiger partial charge in [-0.1, -0.05) is 0 Å². The number of hydrogen-bond donors (Lipinski definition) is 2. The number of likely N-dealkylation sites (N-methyl/N-ethyl adjacent to an activating group) is 1. The minimum Gasteiger partial charge on any atom is -0.395 e. The van der Waals surface area contributed by atoms with E-state index in [4.69, 9.17) is 5.11 Å². The molecule has 0 aromatic heterocycles. The molecule has 2 N–H and O–H groups in total. The number of sulfonamides is 1. The molecular formula is C8H20N2O3S. The number of nitrogens with zero attached hydrogens (tertiary/aromatic N) is 1. The molecule has 0 amide bonds. The van der Waals surface area contributed by atoms with Crippen molar-refractivity contribution in [1.82, 2.24) is 9.62 Å². The Labute approximate surface area is 86.2 Å². The van der Waals surface area contributed by atoms with Crippen LogP contribution < -0.4 is 4.72 Å². The van der Waals surface area contributed by atoms with Crippen LogP contribution in [0.5, 0.6) is 0 Å². The zero-order valence-electron chi connectivity index (χ0n) is 9.02. The Hall–Kier alpha value is -0.170. The SMILES string of the molecule is CNS(=O)(=O)CCCN(C)C(C)CO. The number of rotatable bonds is 7. The average Bonchev–Trinajstić information content (AvgIpc) is 2.16. The van der Waals surface area contributed by atoms with Crippen molar-refractivity contribution in [2.75, 3.05) is 33.0 Å². The summed E-state index contributed by atoms with van der Waals surface area (Å²) >= 11 is 0. The molecule has 0 rings (SSSR count). The summed E-state index contributed by atoms with van der Waals surface area (Å²) in [5.41, 5.74) is 0. The maximum atomic E-state index is 11.0. The molecule has 0 aliphatic rings. The Bertz CT molecular complexity index is 241. The van der Waals surface area contributed by atoms with Crippen LogP contribution in [0.25, 0.3) is 0 Å². The van der Waals surface area contributed by atoms with Gasteiger partial charge in [0.2, 0.25) is 10.0 Å². The van der Waals surface area contributed by atoms with Crippen LogP contribution in [0.4, 0.5) is 0 Å². The van der Waals surface area contributed by atoms with Gasteiger partial charge in [-0.2, -0.15) is 0 Å². The van der Waals surface area contributed by atoms with Crippen molar-refractivity contribution in [3.63, 3.8) is 0 Å². The van der Waals surface area contributed by atoms with E-state index in [1.165, 1.54) is 7.05 Å². The molecule has 0 radical (unpaired) electrons. The van der Waals surface area contributed by atoms with Crippen molar-refractivity contribution in [2.24, 2.45) is 0 Å². The first kappa shape index (κ1) is 13.8. The van der Waals surface area contributed by atoms with Crippen LogP contribution in [0.2, 0.25) is 0 Å². The molecule has 0 heterocycles. The van der Waals surface area contributed by atoms with Crippen LogP contribution in [0.3, 0.4) is 0 Å². The third kappa shape index (κ3) is 5.54. The summed E-state index contributed by atoms with van der Waals surface area (Å²) in [5.74, 6) is 0.131. The fraction of sp³-hybridized carbons (Fsp3) is 1.00. The van der Waals surface area contributed by atoms with E-state index in [9.17, 15) is 8.42 Å². The second kappa shape index (κ2) is 6.34. The number of aliphatic hydroxyl groups is 1. The largest absolute Gasteiger partial charge is 0.395 e. The van der Waals surface area contributed by atoms with Crippen LogP contribution >= 0.6 is 0 Å². The normalized spacial score (nSPS) is 14.6. The van der Waals surface area contributed by atoms with E-state index in [1.54, 1.807) is 0 Å². The molecule has 0 aliphatic carbocycles. The molecule has 0 spiro atoms. The van der Waals surface area contributed by atoms with Crippen LogP contribution in [-0.4, -0.2) is 57.5 Å². The van der Waals surface area contributed by atoms with Gasteiger partial charge in [-0.05, 0) is 34.0 Å². The van der Waals surface area contributed by atoms with Gasteiger partial charge in [0.15, 0.2) is 0 Å². The third-order valence-electron chi connectivity index (χ3n) is 2.25. The van der Waals surface area contributed by atoms with Crippen molar-refractivity contribution >= 4 is 10.0 Å². The molecule has 0 aromatic carbocycles. The molecule has 86 valence electrons. The van der Waals surface area contributed by atoms with E-state index in [-0.39, 0.29) is 18.4 Å². The fourth-order valence-corrected chi connectivity index (χ4v) is 1.68. The lowest BCUT2D eigenvalue weighted by Crippen LogP contribution is -2.34. The van der Waals surface area contributed by atoms with Crippen molar-refractivity contribution in [3.05, 3.63) is 0 Å². The van der Waals surface area contributed by atoms with E-state index in [1.807, 2.05) is 18.9 Å². The van der Waals surface area contributed by atoms with Crippen molar-refractivity contribution in [1.29, 1.82) is 0 Å². The summed E-state index contributed by atoms with van der Waals surface area (Å²) in [6, 6.07) is 0.0762. The molecule has 0 saturated carbocycles. The van der Waals surface area contributed by atoms with E-state index < -0.39 is 10.0 Å². The predicted molar refractivity (Wildman–Crippen MR) is 56.6 cm³/mol. The maximum Gasteiger partial charge on any atom is 0.211 e. The highest BCUT2D eigenvalue weighted by Crippen LogP contribution is 1.97. The number of aliphatic hydroxyl groups excluding tert-OH is 1. The van der Waals surface area contributed by atoms with E-state index in [2.05, 4.69) is 4.72 Å². The number of nitrogens with one attached hydrogen (secondary N) is 1. The Morgan fingerprint density at radius 1 is 1.50 bits per heavy atom. The molecule has 0 fully saturated rings. The highest BCUT2D eigenvalue weighted by atomic mass is 32.2. The minimum absolute atomic E-state index is 0.0762. The van der Waals surface area contributed by atoms with Crippen LogP contribution in [0.15, 0.2) is 0 Å². The molecule has 6 heteroatoms. The summed E-state index contributed by atoms with van der Waals surface area (Å²) in [5, 5.41) is 8.84. The van der Waals surface area contributed by atoms with Gasteiger partial charge in [-0.3, -0.25) is 0 Å². The zero-order valence-corrected chi connectivity index (χ0v) is 9.84. The lowest BCUT2D eigenvalue weighted by atomic mass is 10.3. The molecule has 1 unspecified atom stereocenters. The third-order valence-corrected chi connectivity index (χ3v) is 3.70. The smallest absolute Gasteiger partial charge is 0.211 e. The molecule has 0 saturated heterocycles. The molecule has 0 bridgehead atoms. The molecule has 14 heavy (non-hydrogen) atoms. The van der Waals surface area contributed by atoms with Crippen molar-refractivity contribution < 1.29 is 13.5 Å². The highest BCUT2D eigenvalue weighted by molar-refractivity contribution is 7.89. The Morgan fingerprint density at radius 2 is 2.07 bits per heavy atom. The summed E-state index contributed by atoms with van der Waals surface area (Å²) < 4.78 is 24.3. The summed E-state index contributed by atoms with van der Waals surface area (Å²) in [6.07, 6.45) is 0.573. The first-order valence-electron chi connectivity index (χ1n) is 4.65. The molecular weight excluding hydrogens is 204 g/mol. The first-order valence-corrected chi connectivity index (χ1v) is 6.30. The van der Waals surface area contributed by atoms with E-state index >= 15 is 0 Å². The van der Waals surface area contributed by atoms with Gasteiger partial charge in [0.05, 0.1) is 12.4 Å². The second-order valence-corrected chi connectivity index (χ2v) is 5.43. The predicted octanol–water partition coefficient (Wildman–Crippen LogP) is -0.762. The quantitative estimate of drug-likeness (QED) is 0.596. The zero-order chi connectivity index (χ0) is 11.2. The minimum atomic E-state index is -3.09. The Balaban J connectivity index is 3.75. The van der Waals surface area contributed by atoms with Gasteiger partial charge in [-0.25, -0.2) is 13.1 Å². The van der Waals surface area contributed by atoms with Crippen LogP contribution in [0.1, 0.15) is 13.3 Å². The second-order valence-electron chi connectivity index (χ2n) is 3.39. The monoisotopic (exact) mass is 224 g/mol. The summed E-state index contributed by atoms with van der Waals surface area (Å²) in [6.45, 7) is 2.66. The van der Waals surface area contributed by atoms with Crippen molar-refractivity contribution in [3.8, 4) is 0 Å². The van der Waals surface area contributed by atoms with Crippen LogP contribution in [-0.2, 0) is 10.0 Å². The van der Waals surface area contributed by atoms with Gasteiger partial charge in [0.1, 0.15) is 0 Å². The van der Waals surface area contributed by atoms with Crippen molar-refractivity contribution in [2.45, 2.75) is 19.4 Å². The molecule has 5 nitrogen and oxygen atoms in total. The molecule has 1 atom stereocenters. The van der Waals surface area contributed by atoms with Gasteiger partial charge in [0, 0.05) is 6.04 Å². The standard InChI is InChI=1S/C8H20N2O3S/c1-8(7-11)10(3)5-4-6-14(12,13)9-2/h8-9,11H,4-7H2,1-3H3. The average molecular weight is 224 g/mol. The van der Waals surface area contributed by atoms with E-state index in [0.717, 1.165) is 0 Å². The molecule has 0 aromatic rings. The first-order chi connectivity index (χ1) is 6.43. The number of hydrogen-bond acceptors (Lipinski definition) is 4. The van der Waals surface area contributed by atoms with Gasteiger partial charge >= 0.3 is 0 Å². The summed E-state index contributed by atoms with van der Waals surface area (Å²) in [4.78, 5) is 1.94. The van der Waals surface area contributed by atoms with Gasteiger partial charge in [-0.15, -0.1) is 0 Å². The Kier molecular flexibility index (Phi) is 6.26. The Morgan fingerprint density at radius 3 is 2.50 bits per heavy atom. The highest BCUT2D eigenvalue weighted by Gasteiger charge is 2.10. The van der Waals surface area contributed by atoms with Gasteiger partial charge in [0.25, 0.3) is 0 Å². The van der Waals surface area contributed by atoms with Crippen LogP contribution in [0, 0.1) is 0 Å². The maximum absolute atomic E-state index is 11.0. The fourth-order valence-electron chi connectivity index (χ4n) is 0.966. The lowest BCUT2D eigenvalue weighted by molar-refractivity contribution is 0.159. The van der Waals surface area contributed by atoms with Gasteiger partial charge < -0.3 is 10.0 Å². The van der Waals surface area contributed by atoms with E-state index in [0.29, 0.717) is 13.0 Å². The molecule has 0 aliphatic heterocycles. The lowest BCUT2D eigenvalue weighted by Gasteiger charge is -2.22. The summed E-state index contributed by atoms with van der Waals surface area (Å²) in [7, 11) is 0.193.